The molecular weight excluding hydrogens is 290 g/mol. The lowest BCUT2D eigenvalue weighted by molar-refractivity contribution is -0.120. The van der Waals surface area contributed by atoms with Crippen molar-refractivity contribution >= 4 is 12.1 Å². The van der Waals surface area contributed by atoms with E-state index in [2.05, 4.69) is 10.5 Å². The van der Waals surface area contributed by atoms with Gasteiger partial charge in [-0.3, -0.25) is 4.79 Å². The van der Waals surface area contributed by atoms with Crippen LogP contribution in [0, 0.1) is 18.6 Å². The van der Waals surface area contributed by atoms with Gasteiger partial charge in [-0.1, -0.05) is 18.2 Å². The third-order valence-corrected chi connectivity index (χ3v) is 2.98. The molecule has 0 aliphatic rings. The maximum absolute atomic E-state index is 13.7. The van der Waals surface area contributed by atoms with Crippen LogP contribution in [0.25, 0.3) is 0 Å². The number of nitrogens with one attached hydrogen (secondary N) is 1. The van der Waals surface area contributed by atoms with Crippen molar-refractivity contribution < 1.29 is 18.7 Å². The number of hydrogen-bond donors (Lipinski definition) is 2. The average molecular weight is 304 g/mol. The molecule has 0 bridgehead atoms. The summed E-state index contributed by atoms with van der Waals surface area (Å²) in [6.07, 6.45) is 0.919. The fourth-order valence-electron chi connectivity index (χ4n) is 1.86. The molecule has 114 valence electrons. The number of hydrogen-bond acceptors (Lipinski definition) is 3. The molecule has 1 amide bonds. The van der Waals surface area contributed by atoms with Crippen molar-refractivity contribution in [3.63, 3.8) is 0 Å². The Morgan fingerprint density at radius 1 is 1.32 bits per heavy atom. The molecular formula is C16H14F2N2O2. The minimum atomic E-state index is -0.755. The first-order chi connectivity index (χ1) is 10.5. The first-order valence-electron chi connectivity index (χ1n) is 6.52. The van der Waals surface area contributed by atoms with Crippen LogP contribution >= 0.6 is 0 Å². The second-order valence-electron chi connectivity index (χ2n) is 4.73. The number of phenolic OH excluding ortho intramolecular Hbond substituents is 1. The second kappa shape index (κ2) is 6.80. The van der Waals surface area contributed by atoms with Crippen molar-refractivity contribution in [1.29, 1.82) is 0 Å². The van der Waals surface area contributed by atoms with E-state index in [4.69, 9.17) is 0 Å². The number of carbonyl (C=O) groups excluding carboxylic acids is 1. The number of benzene rings is 2. The van der Waals surface area contributed by atoms with Crippen molar-refractivity contribution in [1.82, 2.24) is 5.43 Å². The minimum Gasteiger partial charge on any atom is -0.508 e. The summed E-state index contributed by atoms with van der Waals surface area (Å²) >= 11 is 0. The molecule has 2 aromatic carbocycles. The zero-order valence-corrected chi connectivity index (χ0v) is 11.8. The molecule has 0 fully saturated rings. The third kappa shape index (κ3) is 3.88. The molecule has 2 rings (SSSR count). The van der Waals surface area contributed by atoms with E-state index in [0.29, 0.717) is 5.56 Å². The van der Waals surface area contributed by atoms with E-state index >= 15 is 0 Å². The summed E-state index contributed by atoms with van der Waals surface area (Å²) in [5, 5.41) is 12.8. The van der Waals surface area contributed by atoms with Crippen LogP contribution in [0.15, 0.2) is 41.5 Å². The van der Waals surface area contributed by atoms with Crippen LogP contribution in [0.1, 0.15) is 16.7 Å². The summed E-state index contributed by atoms with van der Waals surface area (Å²) in [4.78, 5) is 11.7. The zero-order chi connectivity index (χ0) is 16.1. The van der Waals surface area contributed by atoms with Crippen molar-refractivity contribution in [3.05, 3.63) is 64.7 Å². The molecule has 22 heavy (non-hydrogen) atoms. The topological polar surface area (TPSA) is 61.7 Å². The lowest BCUT2D eigenvalue weighted by atomic mass is 10.1. The van der Waals surface area contributed by atoms with Gasteiger partial charge in [0.15, 0.2) is 0 Å². The molecule has 0 spiro atoms. The van der Waals surface area contributed by atoms with E-state index in [-0.39, 0.29) is 23.3 Å². The van der Waals surface area contributed by atoms with E-state index < -0.39 is 17.5 Å². The lowest BCUT2D eigenvalue weighted by Crippen LogP contribution is -2.20. The van der Waals surface area contributed by atoms with Crippen molar-refractivity contribution in [2.75, 3.05) is 0 Å². The summed E-state index contributed by atoms with van der Waals surface area (Å²) < 4.78 is 27.2. The Morgan fingerprint density at radius 3 is 2.82 bits per heavy atom. The van der Waals surface area contributed by atoms with Gasteiger partial charge in [-0.25, -0.2) is 14.2 Å². The molecule has 0 aromatic heterocycles. The molecule has 0 unspecified atom stereocenters. The Bertz CT molecular complexity index is 730. The Morgan fingerprint density at radius 2 is 2.09 bits per heavy atom. The first kappa shape index (κ1) is 15.6. The molecule has 0 heterocycles. The van der Waals surface area contributed by atoms with Crippen LogP contribution in [0.2, 0.25) is 0 Å². The van der Waals surface area contributed by atoms with E-state index in [1.54, 1.807) is 12.1 Å². The number of aryl methyl sites for hydroxylation is 1. The largest absolute Gasteiger partial charge is 0.508 e. The molecule has 0 saturated carbocycles. The lowest BCUT2D eigenvalue weighted by Gasteiger charge is -2.03. The Kier molecular flexibility index (Phi) is 4.83. The summed E-state index contributed by atoms with van der Waals surface area (Å²) in [6, 6.07) is 8.67. The van der Waals surface area contributed by atoms with Crippen LogP contribution in [0.4, 0.5) is 8.78 Å². The maximum Gasteiger partial charge on any atom is 0.244 e. The summed E-state index contributed by atoms with van der Waals surface area (Å²) in [6.45, 7) is 1.51. The van der Waals surface area contributed by atoms with Crippen molar-refractivity contribution in [2.45, 2.75) is 13.3 Å². The van der Waals surface area contributed by atoms with Gasteiger partial charge >= 0.3 is 0 Å². The minimum absolute atomic E-state index is 0.00940. The molecule has 0 radical (unpaired) electrons. The Balaban J connectivity index is 2.01. The smallest absolute Gasteiger partial charge is 0.244 e. The van der Waals surface area contributed by atoms with Crippen molar-refractivity contribution in [2.24, 2.45) is 5.10 Å². The van der Waals surface area contributed by atoms with Gasteiger partial charge in [-0.2, -0.15) is 5.10 Å². The van der Waals surface area contributed by atoms with Crippen LogP contribution in [0.5, 0.6) is 5.75 Å². The maximum atomic E-state index is 13.7. The number of nitrogens with zero attached hydrogens (tertiary/aromatic N) is 1. The van der Waals surface area contributed by atoms with E-state index in [1.165, 1.54) is 25.1 Å². The van der Waals surface area contributed by atoms with Crippen LogP contribution in [-0.4, -0.2) is 17.2 Å². The zero-order valence-electron chi connectivity index (χ0n) is 11.8. The Labute approximate surface area is 126 Å². The number of carbonyl (C=O) groups is 1. The monoisotopic (exact) mass is 304 g/mol. The fraction of sp³-hybridized carbons (Fsp3) is 0.125. The van der Waals surface area contributed by atoms with Gasteiger partial charge in [0.2, 0.25) is 5.91 Å². The van der Waals surface area contributed by atoms with Gasteiger partial charge in [-0.15, -0.1) is 0 Å². The first-order valence-corrected chi connectivity index (χ1v) is 6.52. The highest BCUT2D eigenvalue weighted by molar-refractivity contribution is 5.84. The third-order valence-electron chi connectivity index (χ3n) is 2.98. The molecule has 2 N–H and O–H groups in total. The molecule has 0 aliphatic carbocycles. The highest BCUT2D eigenvalue weighted by atomic mass is 19.1. The summed E-state index contributed by atoms with van der Waals surface area (Å²) in [5.74, 6) is -1.88. The highest BCUT2D eigenvalue weighted by Gasteiger charge is 2.09. The van der Waals surface area contributed by atoms with E-state index in [0.717, 1.165) is 12.3 Å². The van der Waals surface area contributed by atoms with Gasteiger partial charge in [0.05, 0.1) is 18.2 Å². The number of hydrazone groups is 1. The van der Waals surface area contributed by atoms with Crippen LogP contribution in [0.3, 0.4) is 0 Å². The number of rotatable bonds is 4. The van der Waals surface area contributed by atoms with Gasteiger partial charge in [-0.05, 0) is 36.2 Å². The molecule has 0 atom stereocenters. The van der Waals surface area contributed by atoms with Gasteiger partial charge in [0.25, 0.3) is 0 Å². The van der Waals surface area contributed by atoms with Gasteiger partial charge < -0.3 is 5.11 Å². The van der Waals surface area contributed by atoms with Crippen LogP contribution in [-0.2, 0) is 11.2 Å². The molecule has 0 aliphatic heterocycles. The average Bonchev–Trinajstić information content (AvgIpc) is 2.47. The molecule has 2 aromatic rings. The van der Waals surface area contributed by atoms with Gasteiger partial charge in [0, 0.05) is 0 Å². The highest BCUT2D eigenvalue weighted by Crippen LogP contribution is 2.14. The normalized spacial score (nSPS) is 10.9. The number of aromatic hydroxyl groups is 1. The molecule has 0 saturated heterocycles. The SMILES string of the molecule is Cc1ccc(F)c(C=NNC(=O)Cc2cccc(O)c2)c1F. The molecule has 6 heteroatoms. The number of halogens is 2. The predicted octanol–water partition coefficient (Wildman–Crippen LogP) is 2.67. The van der Waals surface area contributed by atoms with E-state index in [1.807, 2.05) is 0 Å². The van der Waals surface area contributed by atoms with Gasteiger partial charge in [0.1, 0.15) is 17.4 Å². The number of amides is 1. The van der Waals surface area contributed by atoms with Crippen LogP contribution < -0.4 is 5.43 Å². The summed E-state index contributed by atoms with van der Waals surface area (Å²) in [5.41, 5.74) is 2.76. The summed E-state index contributed by atoms with van der Waals surface area (Å²) in [7, 11) is 0. The standard InChI is InChI=1S/C16H14F2N2O2/c1-10-5-6-14(17)13(16(10)18)9-19-20-15(22)8-11-3-2-4-12(21)7-11/h2-7,9,21H,8H2,1H3,(H,20,22). The predicted molar refractivity (Wildman–Crippen MR) is 78.6 cm³/mol. The van der Waals surface area contributed by atoms with E-state index in [9.17, 15) is 18.7 Å². The number of phenols is 1. The van der Waals surface area contributed by atoms with Crippen molar-refractivity contribution in [3.8, 4) is 5.75 Å². The fourth-order valence-corrected chi connectivity index (χ4v) is 1.86. The Hall–Kier alpha value is -2.76. The quantitative estimate of drug-likeness (QED) is 0.674. The molecule has 4 nitrogen and oxygen atoms in total. The second-order valence-corrected chi connectivity index (χ2v) is 4.73.